The Hall–Kier alpha value is -2.93. The number of aromatic nitrogens is 3. The van der Waals surface area contributed by atoms with E-state index in [9.17, 15) is 9.59 Å². The highest BCUT2D eigenvalue weighted by Gasteiger charge is 2.30. The van der Waals surface area contributed by atoms with Gasteiger partial charge in [0.15, 0.2) is 5.65 Å². The number of hydrogen-bond acceptors (Lipinski definition) is 4. The number of hydrogen-bond donors (Lipinski definition) is 2. The maximum atomic E-state index is 13.1. The summed E-state index contributed by atoms with van der Waals surface area (Å²) in [6.07, 6.45) is 2.19. The number of nitrogens with one attached hydrogen (secondary N) is 2. The second-order valence-electron chi connectivity index (χ2n) is 9.25. The first-order chi connectivity index (χ1) is 15.1. The zero-order valence-corrected chi connectivity index (χ0v) is 19.6. The lowest BCUT2D eigenvalue weighted by atomic mass is 10.1. The summed E-state index contributed by atoms with van der Waals surface area (Å²) in [5, 5.41) is 11.8. The van der Waals surface area contributed by atoms with E-state index >= 15 is 0 Å². The second-order valence-corrected chi connectivity index (χ2v) is 9.69. The average Bonchev–Trinajstić information content (AvgIpc) is 3.53. The Morgan fingerprint density at radius 1 is 1.09 bits per heavy atom. The minimum absolute atomic E-state index is 0.184. The Morgan fingerprint density at radius 2 is 1.72 bits per heavy atom. The molecular weight excluding hydrogens is 426 g/mol. The molecule has 2 amide bonds. The summed E-state index contributed by atoms with van der Waals surface area (Å²) in [5.74, 6) is 0.0189. The number of pyridine rings is 1. The van der Waals surface area contributed by atoms with E-state index in [0.717, 1.165) is 35.3 Å². The molecule has 2 aromatic heterocycles. The highest BCUT2D eigenvalue weighted by Crippen LogP contribution is 2.40. The number of carbonyl (C=O) groups excluding carboxylic acids is 2. The molecule has 1 aliphatic carbocycles. The summed E-state index contributed by atoms with van der Waals surface area (Å²) in [6.45, 7) is 8.77. The predicted octanol–water partition coefficient (Wildman–Crippen LogP) is 4.19. The van der Waals surface area contributed by atoms with Gasteiger partial charge in [-0.05, 0) is 70.9 Å². The number of amides is 2. The van der Waals surface area contributed by atoms with Gasteiger partial charge in [-0.2, -0.15) is 5.10 Å². The van der Waals surface area contributed by atoms with E-state index in [1.807, 2.05) is 17.7 Å². The van der Waals surface area contributed by atoms with Gasteiger partial charge in [-0.15, -0.1) is 0 Å². The topological polar surface area (TPSA) is 88.9 Å². The van der Waals surface area contributed by atoms with Crippen molar-refractivity contribution in [1.82, 2.24) is 25.4 Å². The van der Waals surface area contributed by atoms with Crippen molar-refractivity contribution in [2.45, 2.75) is 52.0 Å². The van der Waals surface area contributed by atoms with Crippen LogP contribution >= 0.6 is 11.6 Å². The first-order valence-electron chi connectivity index (χ1n) is 10.9. The van der Waals surface area contributed by atoms with E-state index in [4.69, 9.17) is 21.7 Å². The Labute approximate surface area is 192 Å². The molecule has 0 aliphatic heterocycles. The maximum absolute atomic E-state index is 13.1. The molecule has 0 bridgehead atoms. The lowest BCUT2D eigenvalue weighted by Crippen LogP contribution is -2.34. The molecule has 7 nitrogen and oxygen atoms in total. The molecule has 3 aromatic rings. The first-order valence-corrected chi connectivity index (χ1v) is 11.3. The van der Waals surface area contributed by atoms with Crippen LogP contribution in [0.5, 0.6) is 0 Å². The Bertz CT molecular complexity index is 1170. The van der Waals surface area contributed by atoms with E-state index in [-0.39, 0.29) is 17.4 Å². The molecule has 0 radical (unpaired) electrons. The van der Waals surface area contributed by atoms with E-state index in [1.54, 1.807) is 24.3 Å². The van der Waals surface area contributed by atoms with Gasteiger partial charge in [-0.25, -0.2) is 9.67 Å². The molecule has 0 atom stereocenters. The molecule has 0 saturated heterocycles. The van der Waals surface area contributed by atoms with Crippen LogP contribution in [-0.4, -0.2) is 39.7 Å². The fourth-order valence-electron chi connectivity index (χ4n) is 3.69. The van der Waals surface area contributed by atoms with Crippen molar-refractivity contribution in [1.29, 1.82) is 0 Å². The van der Waals surface area contributed by atoms with E-state index < -0.39 is 0 Å². The zero-order valence-electron chi connectivity index (χ0n) is 18.8. The van der Waals surface area contributed by atoms with Gasteiger partial charge in [0.25, 0.3) is 11.8 Å². The minimum atomic E-state index is -0.249. The van der Waals surface area contributed by atoms with Crippen molar-refractivity contribution in [3.05, 3.63) is 57.9 Å². The largest absolute Gasteiger partial charge is 0.350 e. The van der Waals surface area contributed by atoms with Crippen molar-refractivity contribution in [3.8, 4) is 0 Å². The van der Waals surface area contributed by atoms with Crippen LogP contribution in [0.2, 0.25) is 5.02 Å². The van der Waals surface area contributed by atoms with Crippen molar-refractivity contribution >= 4 is 34.4 Å². The summed E-state index contributed by atoms with van der Waals surface area (Å²) in [5.41, 5.74) is 3.35. The number of fused-ring (bicyclic) bond motifs is 1. The van der Waals surface area contributed by atoms with Crippen LogP contribution < -0.4 is 10.6 Å². The van der Waals surface area contributed by atoms with Crippen molar-refractivity contribution in [2.24, 2.45) is 0 Å². The Balaban J connectivity index is 1.50. The standard InChI is InChI=1S/C24H28ClN5O2/c1-14-20-18(13-19(15-5-6-15)28-21(20)30(29-14)24(2,3)4)23(32)27-12-11-26-22(31)16-7-9-17(25)10-8-16/h7-10,13,15H,5-6,11-12H2,1-4H3,(H,26,31)(H,27,32). The van der Waals surface area contributed by atoms with Crippen LogP contribution in [0.3, 0.4) is 0 Å². The fraction of sp³-hybridized carbons (Fsp3) is 0.417. The first kappa shape index (κ1) is 22.3. The lowest BCUT2D eigenvalue weighted by Gasteiger charge is -2.20. The summed E-state index contributed by atoms with van der Waals surface area (Å²) in [4.78, 5) is 30.2. The molecule has 4 rings (SSSR count). The van der Waals surface area contributed by atoms with Crippen molar-refractivity contribution in [3.63, 3.8) is 0 Å². The van der Waals surface area contributed by atoms with Gasteiger partial charge in [-0.1, -0.05) is 11.6 Å². The van der Waals surface area contributed by atoms with Crippen LogP contribution in [0, 0.1) is 6.92 Å². The van der Waals surface area contributed by atoms with Gasteiger partial charge in [0.2, 0.25) is 0 Å². The van der Waals surface area contributed by atoms with E-state index in [0.29, 0.717) is 35.2 Å². The quantitative estimate of drug-likeness (QED) is 0.548. The van der Waals surface area contributed by atoms with Crippen LogP contribution in [-0.2, 0) is 5.54 Å². The van der Waals surface area contributed by atoms with E-state index in [2.05, 4.69) is 31.4 Å². The molecule has 32 heavy (non-hydrogen) atoms. The van der Waals surface area contributed by atoms with Gasteiger partial charge in [-0.3, -0.25) is 9.59 Å². The second kappa shape index (κ2) is 8.54. The third kappa shape index (κ3) is 4.63. The molecule has 8 heteroatoms. The number of benzene rings is 1. The summed E-state index contributed by atoms with van der Waals surface area (Å²) < 4.78 is 1.91. The molecule has 2 N–H and O–H groups in total. The molecule has 2 heterocycles. The van der Waals surface area contributed by atoms with Gasteiger partial charge in [0.1, 0.15) is 0 Å². The average molecular weight is 454 g/mol. The maximum Gasteiger partial charge on any atom is 0.252 e. The van der Waals surface area contributed by atoms with Gasteiger partial charge < -0.3 is 10.6 Å². The third-order valence-electron chi connectivity index (χ3n) is 5.51. The van der Waals surface area contributed by atoms with Crippen LogP contribution in [0.15, 0.2) is 30.3 Å². The fourth-order valence-corrected chi connectivity index (χ4v) is 3.82. The van der Waals surface area contributed by atoms with Crippen LogP contribution in [0.25, 0.3) is 11.0 Å². The van der Waals surface area contributed by atoms with Crippen molar-refractivity contribution < 1.29 is 9.59 Å². The molecular formula is C24H28ClN5O2. The number of nitrogens with zero attached hydrogens (tertiary/aromatic N) is 3. The molecule has 0 unspecified atom stereocenters. The highest BCUT2D eigenvalue weighted by molar-refractivity contribution is 6.30. The van der Waals surface area contributed by atoms with Crippen molar-refractivity contribution in [2.75, 3.05) is 13.1 Å². The van der Waals surface area contributed by atoms with E-state index in [1.165, 1.54) is 0 Å². The molecule has 1 fully saturated rings. The normalized spacial score (nSPS) is 13.9. The Morgan fingerprint density at radius 3 is 2.31 bits per heavy atom. The molecule has 1 saturated carbocycles. The number of rotatable bonds is 6. The van der Waals surface area contributed by atoms with Gasteiger partial charge in [0.05, 0.1) is 22.2 Å². The number of aryl methyl sites for hydroxylation is 1. The summed E-state index contributed by atoms with van der Waals surface area (Å²) in [7, 11) is 0. The van der Waals surface area contributed by atoms with Crippen LogP contribution in [0.1, 0.15) is 71.6 Å². The molecule has 0 spiro atoms. The van der Waals surface area contributed by atoms with Gasteiger partial charge >= 0.3 is 0 Å². The summed E-state index contributed by atoms with van der Waals surface area (Å²) >= 11 is 5.86. The minimum Gasteiger partial charge on any atom is -0.350 e. The number of halogens is 1. The Kier molecular flexibility index (Phi) is 5.95. The predicted molar refractivity (Wildman–Crippen MR) is 125 cm³/mol. The highest BCUT2D eigenvalue weighted by atomic mass is 35.5. The molecule has 168 valence electrons. The summed E-state index contributed by atoms with van der Waals surface area (Å²) in [6, 6.07) is 8.58. The molecule has 1 aliphatic rings. The molecule has 1 aromatic carbocycles. The van der Waals surface area contributed by atoms with Crippen LogP contribution in [0.4, 0.5) is 0 Å². The third-order valence-corrected chi connectivity index (χ3v) is 5.76. The smallest absolute Gasteiger partial charge is 0.252 e. The monoisotopic (exact) mass is 453 g/mol. The van der Waals surface area contributed by atoms with Gasteiger partial charge in [0, 0.05) is 35.3 Å². The lowest BCUT2D eigenvalue weighted by molar-refractivity contribution is 0.0928. The SMILES string of the molecule is Cc1nn(C(C)(C)C)c2nc(C3CC3)cc(C(=O)NCCNC(=O)c3ccc(Cl)cc3)c12. The zero-order chi connectivity index (χ0) is 23.0. The number of carbonyl (C=O) groups is 2.